The van der Waals surface area contributed by atoms with E-state index in [0.29, 0.717) is 13.1 Å². The monoisotopic (exact) mass is 423 g/mol. The van der Waals surface area contributed by atoms with Crippen LogP contribution in [-0.4, -0.2) is 66.7 Å². The molecule has 1 aliphatic rings. The van der Waals surface area contributed by atoms with Crippen LogP contribution in [0.2, 0.25) is 0 Å². The number of hydrogen-bond acceptors (Lipinski definition) is 7. The molecule has 4 rings (SSSR count). The Morgan fingerprint density at radius 3 is 2.55 bits per heavy atom. The molecule has 0 aromatic carbocycles. The first-order chi connectivity index (χ1) is 14.7. The van der Waals surface area contributed by atoms with Crippen molar-refractivity contribution in [3.8, 4) is 11.3 Å². The van der Waals surface area contributed by atoms with Gasteiger partial charge < -0.3 is 19.5 Å². The molecule has 1 N–H and O–H groups in total. The number of carbonyl (C=O) groups is 1. The highest BCUT2D eigenvalue weighted by atomic mass is 16.6. The van der Waals surface area contributed by atoms with Crippen LogP contribution in [0.1, 0.15) is 40.3 Å². The fourth-order valence-corrected chi connectivity index (χ4v) is 4.02. The van der Waals surface area contributed by atoms with Gasteiger partial charge in [0.1, 0.15) is 23.4 Å². The molecular formula is C22H29N7O2. The Bertz CT molecular complexity index is 1100. The Labute approximate surface area is 181 Å². The van der Waals surface area contributed by atoms with Crippen molar-refractivity contribution in [2.75, 3.05) is 18.0 Å². The maximum atomic E-state index is 12.7. The van der Waals surface area contributed by atoms with Gasteiger partial charge in [0.2, 0.25) is 0 Å². The van der Waals surface area contributed by atoms with Gasteiger partial charge in [-0.1, -0.05) is 0 Å². The minimum atomic E-state index is -0.523. The number of hydrogen-bond donors (Lipinski definition) is 1. The van der Waals surface area contributed by atoms with Crippen LogP contribution < -0.4 is 4.90 Å². The summed E-state index contributed by atoms with van der Waals surface area (Å²) in [6.45, 7) is 12.9. The second-order valence-electron chi connectivity index (χ2n) is 9.10. The van der Waals surface area contributed by atoms with Crippen molar-refractivity contribution in [2.45, 2.75) is 59.2 Å². The van der Waals surface area contributed by atoms with Crippen molar-refractivity contribution in [1.29, 1.82) is 0 Å². The molecule has 0 bridgehead atoms. The van der Waals surface area contributed by atoms with Crippen LogP contribution in [0, 0.1) is 6.92 Å². The molecule has 1 saturated heterocycles. The van der Waals surface area contributed by atoms with Gasteiger partial charge in [0, 0.05) is 49.3 Å². The molecular weight excluding hydrogens is 394 g/mol. The molecule has 0 radical (unpaired) electrons. The number of nitrogens with zero attached hydrogens (tertiary/aromatic N) is 6. The van der Waals surface area contributed by atoms with E-state index < -0.39 is 5.60 Å². The number of aromatic amines is 1. The normalized spacial score (nSPS) is 19.7. The van der Waals surface area contributed by atoms with Gasteiger partial charge in [-0.2, -0.15) is 0 Å². The largest absolute Gasteiger partial charge is 0.444 e. The van der Waals surface area contributed by atoms with E-state index in [9.17, 15) is 4.79 Å². The molecule has 1 amide bonds. The fourth-order valence-electron chi connectivity index (χ4n) is 4.02. The molecule has 2 atom stereocenters. The highest BCUT2D eigenvalue weighted by Gasteiger charge is 2.36. The first-order valence-corrected chi connectivity index (χ1v) is 10.5. The minimum Gasteiger partial charge on any atom is -0.444 e. The lowest BCUT2D eigenvalue weighted by Crippen LogP contribution is -2.59. The van der Waals surface area contributed by atoms with Crippen molar-refractivity contribution >= 4 is 22.9 Å². The summed E-state index contributed by atoms with van der Waals surface area (Å²) in [7, 11) is 0. The van der Waals surface area contributed by atoms with E-state index in [0.717, 1.165) is 33.8 Å². The Balaban J connectivity index is 1.69. The molecule has 9 heteroatoms. The molecule has 164 valence electrons. The van der Waals surface area contributed by atoms with Crippen LogP contribution in [0.25, 0.3) is 22.3 Å². The summed E-state index contributed by atoms with van der Waals surface area (Å²) in [5.74, 6) is 0.828. The highest BCUT2D eigenvalue weighted by molar-refractivity contribution is 6.00. The molecule has 0 aliphatic carbocycles. The van der Waals surface area contributed by atoms with E-state index in [4.69, 9.17) is 4.74 Å². The number of piperazine rings is 1. The van der Waals surface area contributed by atoms with Crippen LogP contribution in [0.5, 0.6) is 0 Å². The lowest BCUT2D eigenvalue weighted by atomic mass is 10.1. The lowest BCUT2D eigenvalue weighted by molar-refractivity contribution is 0.0130. The molecule has 0 saturated carbocycles. The number of fused-ring (bicyclic) bond motifs is 1. The number of nitrogens with one attached hydrogen (secondary N) is 1. The number of anilines is 1. The molecule has 31 heavy (non-hydrogen) atoms. The third-order valence-electron chi connectivity index (χ3n) is 5.47. The van der Waals surface area contributed by atoms with Crippen molar-refractivity contribution in [2.24, 2.45) is 0 Å². The number of H-pyrrole nitrogens is 1. The van der Waals surface area contributed by atoms with Crippen LogP contribution in [0.15, 0.2) is 24.9 Å². The Kier molecular flexibility index (Phi) is 5.28. The molecule has 4 heterocycles. The zero-order valence-corrected chi connectivity index (χ0v) is 18.9. The van der Waals surface area contributed by atoms with Gasteiger partial charge >= 0.3 is 6.09 Å². The molecule has 0 spiro atoms. The molecule has 1 fully saturated rings. The SMILES string of the molecule is Cc1nccnc1-c1c[nH]c2ncnc(N3C[C@@H](C)N(C(=O)OC(C)(C)C)C[C@@H]3C)c12. The number of carbonyl (C=O) groups excluding carboxylic acids is 1. The maximum Gasteiger partial charge on any atom is 0.410 e. The summed E-state index contributed by atoms with van der Waals surface area (Å²) in [5, 5.41) is 0.913. The van der Waals surface area contributed by atoms with Gasteiger partial charge in [0.15, 0.2) is 0 Å². The second kappa shape index (κ2) is 7.79. The van der Waals surface area contributed by atoms with Gasteiger partial charge in [-0.15, -0.1) is 0 Å². The van der Waals surface area contributed by atoms with Crippen molar-refractivity contribution < 1.29 is 9.53 Å². The van der Waals surface area contributed by atoms with E-state index in [-0.39, 0.29) is 18.2 Å². The second-order valence-corrected chi connectivity index (χ2v) is 9.10. The first-order valence-electron chi connectivity index (χ1n) is 10.5. The molecule has 3 aromatic heterocycles. The highest BCUT2D eigenvalue weighted by Crippen LogP contribution is 2.35. The fraction of sp³-hybridized carbons (Fsp3) is 0.500. The standard InChI is InChI=1S/C22H29N7O2/c1-13-11-29(21(30)31-22(4,5)6)14(2)10-28(13)20-17-16(9-25-19(17)26-12-27-20)18-15(3)23-7-8-24-18/h7-9,12-14H,10-11H2,1-6H3,(H,25,26,27)/t13-,14+/m0/s1. The van der Waals surface area contributed by atoms with Crippen molar-refractivity contribution in [3.63, 3.8) is 0 Å². The first kappa shape index (κ1) is 21.0. The molecule has 1 aliphatic heterocycles. The summed E-state index contributed by atoms with van der Waals surface area (Å²) in [6, 6.07) is 0.0178. The summed E-state index contributed by atoms with van der Waals surface area (Å²) < 4.78 is 5.61. The average molecular weight is 424 g/mol. The summed E-state index contributed by atoms with van der Waals surface area (Å²) >= 11 is 0. The average Bonchev–Trinajstić information content (AvgIpc) is 3.12. The number of amides is 1. The third kappa shape index (κ3) is 4.04. The van der Waals surface area contributed by atoms with Crippen LogP contribution >= 0.6 is 0 Å². The lowest BCUT2D eigenvalue weighted by Gasteiger charge is -2.44. The van der Waals surface area contributed by atoms with Crippen molar-refractivity contribution in [3.05, 3.63) is 30.6 Å². The number of aromatic nitrogens is 5. The topological polar surface area (TPSA) is 100 Å². The van der Waals surface area contributed by atoms with E-state index >= 15 is 0 Å². The molecule has 9 nitrogen and oxygen atoms in total. The van der Waals surface area contributed by atoms with Crippen molar-refractivity contribution in [1.82, 2.24) is 29.8 Å². The zero-order valence-electron chi connectivity index (χ0n) is 18.9. The molecule has 0 unspecified atom stereocenters. The maximum absolute atomic E-state index is 12.7. The predicted molar refractivity (Wildman–Crippen MR) is 119 cm³/mol. The number of rotatable bonds is 2. The van der Waals surface area contributed by atoms with Gasteiger partial charge in [-0.3, -0.25) is 9.97 Å². The van der Waals surface area contributed by atoms with Crippen LogP contribution in [0.3, 0.4) is 0 Å². The Morgan fingerprint density at radius 1 is 1.10 bits per heavy atom. The predicted octanol–water partition coefficient (Wildman–Crippen LogP) is 3.56. The molecule has 3 aromatic rings. The Morgan fingerprint density at radius 2 is 1.84 bits per heavy atom. The summed E-state index contributed by atoms with van der Waals surface area (Å²) in [4.78, 5) is 38.0. The number of ether oxygens (including phenoxy) is 1. The van der Waals surface area contributed by atoms with Gasteiger partial charge in [-0.25, -0.2) is 14.8 Å². The van der Waals surface area contributed by atoms with E-state index in [1.165, 1.54) is 0 Å². The number of aryl methyl sites for hydroxylation is 1. The van der Waals surface area contributed by atoms with Gasteiger partial charge in [0.05, 0.1) is 16.8 Å². The Hall–Kier alpha value is -3.23. The summed E-state index contributed by atoms with van der Waals surface area (Å²) in [6.07, 6.45) is 6.57. The third-order valence-corrected chi connectivity index (χ3v) is 5.47. The quantitative estimate of drug-likeness (QED) is 0.673. The van der Waals surface area contributed by atoms with E-state index in [1.807, 2.05) is 40.8 Å². The van der Waals surface area contributed by atoms with Gasteiger partial charge in [0.25, 0.3) is 0 Å². The minimum absolute atomic E-state index is 0.0308. The zero-order chi connectivity index (χ0) is 22.3. The van der Waals surface area contributed by atoms with Gasteiger partial charge in [-0.05, 0) is 41.5 Å². The summed E-state index contributed by atoms with van der Waals surface area (Å²) in [5.41, 5.74) is 2.79. The van der Waals surface area contributed by atoms with Crippen LogP contribution in [-0.2, 0) is 4.74 Å². The van der Waals surface area contributed by atoms with E-state index in [2.05, 4.69) is 36.7 Å². The van der Waals surface area contributed by atoms with Crippen LogP contribution in [0.4, 0.5) is 10.6 Å². The van der Waals surface area contributed by atoms with E-state index in [1.54, 1.807) is 23.6 Å². The smallest absolute Gasteiger partial charge is 0.410 e.